The molecular weight excluding hydrogens is 359 g/mol. The van der Waals surface area contributed by atoms with Gasteiger partial charge in [0.15, 0.2) is 0 Å². The Morgan fingerprint density at radius 2 is 1.48 bits per heavy atom. The molecule has 1 aliphatic heterocycles. The largest absolute Gasteiger partial charge is 0.497 e. The summed E-state index contributed by atoms with van der Waals surface area (Å²) in [4.78, 5) is 2.53. The van der Waals surface area contributed by atoms with Gasteiger partial charge in [-0.05, 0) is 63.4 Å². The van der Waals surface area contributed by atoms with Gasteiger partial charge in [-0.25, -0.2) is 0 Å². The molecule has 0 aromatic heterocycles. The van der Waals surface area contributed by atoms with E-state index in [1.807, 2.05) is 12.1 Å². The zero-order chi connectivity index (χ0) is 14.3. The number of nitrogens with zero attached hydrogens (tertiary/aromatic N) is 1. The van der Waals surface area contributed by atoms with Gasteiger partial charge in [-0.1, -0.05) is 48.3 Å². The van der Waals surface area contributed by atoms with Crippen molar-refractivity contribution in [2.75, 3.05) is 20.2 Å². The molecule has 3 heteroatoms. The van der Waals surface area contributed by atoms with Crippen LogP contribution in [-0.4, -0.2) is 31.1 Å². The smallest absolute Gasteiger partial charge is 0.119 e. The normalized spacial score (nSPS) is 12.8. The second kappa shape index (κ2) is 16.9. The Kier molecular flexibility index (Phi) is 22.7. The molecule has 0 bridgehead atoms. The van der Waals surface area contributed by atoms with E-state index in [-0.39, 0.29) is 55.0 Å². The van der Waals surface area contributed by atoms with Crippen LogP contribution in [0, 0.1) is 0 Å². The van der Waals surface area contributed by atoms with Crippen LogP contribution in [0.4, 0.5) is 0 Å². The summed E-state index contributed by atoms with van der Waals surface area (Å²) in [6.07, 6.45) is 2.83. The third-order valence-electron chi connectivity index (χ3n) is 3.63. The minimum absolute atomic E-state index is 0. The minimum atomic E-state index is 0. The van der Waals surface area contributed by atoms with Crippen LogP contribution in [0.1, 0.15) is 74.3 Å². The molecule has 1 fully saturated rings. The van der Waals surface area contributed by atoms with Crippen LogP contribution < -0.4 is 4.74 Å². The van der Waals surface area contributed by atoms with E-state index in [1.165, 1.54) is 31.5 Å². The summed E-state index contributed by atoms with van der Waals surface area (Å²) in [5, 5.41) is 0. The molecule has 2 rings (SSSR count). The van der Waals surface area contributed by atoms with E-state index in [1.54, 1.807) is 7.11 Å². The molecule has 0 unspecified atom stereocenters. The van der Waals surface area contributed by atoms with E-state index in [0.717, 1.165) is 11.8 Å². The Hall–Kier alpha value is 0.0839. The second-order valence-electron chi connectivity index (χ2n) is 5.77. The van der Waals surface area contributed by atoms with E-state index >= 15 is 0 Å². The van der Waals surface area contributed by atoms with Crippen LogP contribution in [0.3, 0.4) is 0 Å². The van der Waals surface area contributed by atoms with Crippen molar-refractivity contribution in [1.29, 1.82) is 0 Å². The summed E-state index contributed by atoms with van der Waals surface area (Å²) in [7, 11) is 1.69. The third-order valence-corrected chi connectivity index (χ3v) is 3.63. The number of rotatable bonds is 3. The van der Waals surface area contributed by atoms with Gasteiger partial charge in [-0.3, -0.25) is 0 Å². The van der Waals surface area contributed by atoms with E-state index in [2.05, 4.69) is 44.7 Å². The van der Waals surface area contributed by atoms with Gasteiger partial charge in [0.1, 0.15) is 5.75 Å². The fraction of sp³-hybridized carbons (Fsp3) is 0.700. The first-order chi connectivity index (χ1) is 9.04. The molecule has 1 aliphatic rings. The summed E-state index contributed by atoms with van der Waals surface area (Å²) in [5.74, 6) is 1.52. The Labute approximate surface area is 172 Å². The number of hydrogen-bond acceptors (Lipinski definition) is 2. The summed E-state index contributed by atoms with van der Waals surface area (Å²) >= 11 is 0. The molecule has 23 heavy (non-hydrogen) atoms. The molecule has 0 saturated carbocycles. The van der Waals surface area contributed by atoms with E-state index in [4.69, 9.17) is 4.74 Å². The Bertz CT molecular complexity index is 360. The second-order valence-corrected chi connectivity index (χ2v) is 5.77. The summed E-state index contributed by atoms with van der Waals surface area (Å²) in [6.45, 7) is 11.6. The van der Waals surface area contributed by atoms with Gasteiger partial charge >= 0.3 is 0 Å². The summed E-state index contributed by atoms with van der Waals surface area (Å²) in [5.41, 5.74) is 1.32. The van der Waals surface area contributed by atoms with Crippen molar-refractivity contribution < 1.29 is 37.4 Å². The van der Waals surface area contributed by atoms with E-state index < -0.39 is 0 Å². The topological polar surface area (TPSA) is 12.5 Å². The molecular formula is C20H41NOY. The molecule has 0 atom stereocenters. The van der Waals surface area contributed by atoms with Crippen molar-refractivity contribution in [2.24, 2.45) is 0 Å². The number of ether oxygens (including phenoxy) is 1. The first-order valence-corrected chi connectivity index (χ1v) is 7.42. The number of benzene rings is 1. The van der Waals surface area contributed by atoms with Gasteiger partial charge in [0.2, 0.25) is 0 Å². The van der Waals surface area contributed by atoms with Crippen LogP contribution in [0.2, 0.25) is 0 Å². The van der Waals surface area contributed by atoms with Crippen molar-refractivity contribution in [3.05, 3.63) is 29.8 Å². The first kappa shape index (κ1) is 30.9. The number of hydrogen-bond donors (Lipinski definition) is 0. The molecule has 1 heterocycles. The van der Waals surface area contributed by atoms with Crippen molar-refractivity contribution in [2.45, 2.75) is 74.8 Å². The maximum atomic E-state index is 5.11. The van der Waals surface area contributed by atoms with Crippen molar-refractivity contribution >= 4 is 0 Å². The van der Waals surface area contributed by atoms with Gasteiger partial charge in [0.25, 0.3) is 0 Å². The number of methoxy groups -OCH3 is 1. The Morgan fingerprint density at radius 1 is 0.957 bits per heavy atom. The fourth-order valence-electron chi connectivity index (χ4n) is 2.26. The van der Waals surface area contributed by atoms with Crippen LogP contribution >= 0.6 is 0 Å². The zero-order valence-corrected chi connectivity index (χ0v) is 16.6. The van der Waals surface area contributed by atoms with Crippen molar-refractivity contribution in [1.82, 2.24) is 4.90 Å². The summed E-state index contributed by atoms with van der Waals surface area (Å²) in [6, 6.07) is 8.95. The standard InChI is InChI=1S/C10H14O.C7H15N.3CH4.Y/c1-8(2)9-5-4-6-10(7-9)11-3;1-7(2)8-5-3-4-6-8;;;;/h4-8H,1-3H3;7H,3-6H2,1-2H3;3*1H4;. The predicted molar refractivity (Wildman–Crippen MR) is 103 cm³/mol. The molecule has 0 N–H and O–H groups in total. The van der Waals surface area contributed by atoms with E-state index in [9.17, 15) is 0 Å². The van der Waals surface area contributed by atoms with Crippen molar-refractivity contribution in [3.63, 3.8) is 0 Å². The Morgan fingerprint density at radius 3 is 1.83 bits per heavy atom. The summed E-state index contributed by atoms with van der Waals surface area (Å²) < 4.78 is 5.11. The predicted octanol–water partition coefficient (Wildman–Crippen LogP) is 6.22. The molecule has 1 saturated heterocycles. The molecule has 2 nitrogen and oxygen atoms in total. The van der Waals surface area contributed by atoms with Gasteiger partial charge in [-0.15, -0.1) is 0 Å². The fourth-order valence-corrected chi connectivity index (χ4v) is 2.26. The first-order valence-electron chi connectivity index (χ1n) is 7.42. The average Bonchev–Trinajstić information content (AvgIpc) is 2.93. The van der Waals surface area contributed by atoms with Gasteiger partial charge in [0.05, 0.1) is 7.11 Å². The average molecular weight is 400 g/mol. The SMILES string of the molecule is C.C.C.CC(C)N1CCCC1.COc1cccc(C(C)C)c1.[Y]. The van der Waals surface area contributed by atoms with Gasteiger partial charge < -0.3 is 9.64 Å². The maximum Gasteiger partial charge on any atom is 0.119 e. The van der Waals surface area contributed by atoms with Crippen LogP contribution in [0.5, 0.6) is 5.75 Å². The molecule has 1 radical (unpaired) electrons. The molecule has 1 aromatic rings. The van der Waals surface area contributed by atoms with E-state index in [0.29, 0.717) is 5.92 Å². The molecule has 1 aromatic carbocycles. The van der Waals surface area contributed by atoms with Gasteiger partial charge in [0, 0.05) is 38.8 Å². The van der Waals surface area contributed by atoms with Crippen LogP contribution in [0.25, 0.3) is 0 Å². The molecule has 135 valence electrons. The molecule has 0 amide bonds. The zero-order valence-electron chi connectivity index (χ0n) is 13.7. The molecule has 0 spiro atoms. The molecule has 0 aliphatic carbocycles. The van der Waals surface area contributed by atoms with Crippen LogP contribution in [-0.2, 0) is 32.7 Å². The Balaban J connectivity index is -0.000000138. The quantitative estimate of drug-likeness (QED) is 0.598. The van der Waals surface area contributed by atoms with Crippen molar-refractivity contribution in [3.8, 4) is 5.75 Å². The number of likely N-dealkylation sites (tertiary alicyclic amines) is 1. The van der Waals surface area contributed by atoms with Gasteiger partial charge in [-0.2, -0.15) is 0 Å². The maximum absolute atomic E-state index is 5.11. The minimum Gasteiger partial charge on any atom is -0.497 e. The monoisotopic (exact) mass is 400 g/mol. The van der Waals surface area contributed by atoms with Crippen LogP contribution in [0.15, 0.2) is 24.3 Å². The third kappa shape index (κ3) is 12.1.